The van der Waals surface area contributed by atoms with Crippen LogP contribution in [-0.4, -0.2) is 31.7 Å². The lowest BCUT2D eigenvalue weighted by atomic mass is 10.1. The number of aryl methyl sites for hydroxylation is 2. The monoisotopic (exact) mass is 386 g/mol. The van der Waals surface area contributed by atoms with Crippen LogP contribution in [-0.2, 0) is 27.8 Å². The van der Waals surface area contributed by atoms with Gasteiger partial charge in [0.1, 0.15) is 0 Å². The van der Waals surface area contributed by atoms with E-state index in [2.05, 4.69) is 5.32 Å². The Balaban J connectivity index is 1.51. The predicted octanol–water partition coefficient (Wildman–Crippen LogP) is 3.03. The molecule has 0 spiro atoms. The summed E-state index contributed by atoms with van der Waals surface area (Å²) < 4.78 is 26.6. The molecule has 0 bridgehead atoms. The molecule has 0 aliphatic carbocycles. The standard InChI is InChI=1S/C21H26N2O3S/c1-17-6-2-3-7-19(17)16-22-21(24)13-10-18-8-11-20(12-9-18)27(25,26)23-14-4-5-15-23/h2-3,6-9,11-12H,4-5,10,13-16H2,1H3,(H,22,24). The van der Waals surface area contributed by atoms with Crippen molar-refractivity contribution < 1.29 is 13.2 Å². The van der Waals surface area contributed by atoms with Crippen LogP contribution in [0.5, 0.6) is 0 Å². The third kappa shape index (κ3) is 4.96. The van der Waals surface area contributed by atoms with Gasteiger partial charge >= 0.3 is 0 Å². The van der Waals surface area contributed by atoms with Gasteiger partial charge in [0, 0.05) is 26.1 Å². The van der Waals surface area contributed by atoms with Crippen LogP contribution in [0.3, 0.4) is 0 Å². The molecule has 6 heteroatoms. The summed E-state index contributed by atoms with van der Waals surface area (Å²) in [7, 11) is -3.38. The molecular formula is C21H26N2O3S. The second-order valence-corrected chi connectivity index (χ2v) is 8.90. The molecule has 0 aromatic heterocycles. The molecule has 0 atom stereocenters. The van der Waals surface area contributed by atoms with E-state index in [4.69, 9.17) is 0 Å². The quantitative estimate of drug-likeness (QED) is 0.795. The fourth-order valence-electron chi connectivity index (χ4n) is 3.25. The lowest BCUT2D eigenvalue weighted by molar-refractivity contribution is -0.121. The normalized spacial score (nSPS) is 15.0. The number of sulfonamides is 1. The summed E-state index contributed by atoms with van der Waals surface area (Å²) in [6.07, 6.45) is 2.82. The molecule has 1 aliphatic rings. The van der Waals surface area contributed by atoms with Crippen LogP contribution in [0.15, 0.2) is 53.4 Å². The van der Waals surface area contributed by atoms with E-state index in [0.29, 0.717) is 37.4 Å². The van der Waals surface area contributed by atoms with Crippen LogP contribution < -0.4 is 5.32 Å². The molecule has 3 rings (SSSR count). The van der Waals surface area contributed by atoms with Gasteiger partial charge in [0.2, 0.25) is 15.9 Å². The van der Waals surface area contributed by atoms with E-state index in [1.807, 2.05) is 31.2 Å². The van der Waals surface area contributed by atoms with Gasteiger partial charge < -0.3 is 5.32 Å². The zero-order valence-electron chi connectivity index (χ0n) is 15.6. The molecule has 1 heterocycles. The third-order valence-corrected chi connectivity index (χ3v) is 6.92. The van der Waals surface area contributed by atoms with Gasteiger partial charge in [0.15, 0.2) is 0 Å². The Morgan fingerprint density at radius 2 is 1.70 bits per heavy atom. The molecular weight excluding hydrogens is 360 g/mol. The Bertz CT molecular complexity index is 886. The molecule has 2 aromatic rings. The summed E-state index contributed by atoms with van der Waals surface area (Å²) in [6, 6.07) is 14.9. The van der Waals surface area contributed by atoms with Crippen LogP contribution in [0, 0.1) is 6.92 Å². The molecule has 1 saturated heterocycles. The van der Waals surface area contributed by atoms with Crippen molar-refractivity contribution in [3.05, 3.63) is 65.2 Å². The molecule has 1 fully saturated rings. The van der Waals surface area contributed by atoms with Gasteiger partial charge in [-0.1, -0.05) is 36.4 Å². The van der Waals surface area contributed by atoms with Crippen molar-refractivity contribution in [3.8, 4) is 0 Å². The van der Waals surface area contributed by atoms with Crippen LogP contribution in [0.2, 0.25) is 0 Å². The van der Waals surface area contributed by atoms with E-state index in [9.17, 15) is 13.2 Å². The van der Waals surface area contributed by atoms with E-state index >= 15 is 0 Å². The molecule has 1 aliphatic heterocycles. The molecule has 0 radical (unpaired) electrons. The summed E-state index contributed by atoms with van der Waals surface area (Å²) in [5.41, 5.74) is 3.23. The van der Waals surface area contributed by atoms with Crippen molar-refractivity contribution in [2.24, 2.45) is 0 Å². The Labute approximate surface area is 161 Å². The lowest BCUT2D eigenvalue weighted by Crippen LogP contribution is -2.27. The second kappa shape index (κ2) is 8.67. The third-order valence-electron chi connectivity index (χ3n) is 5.00. The maximum atomic E-state index is 12.5. The van der Waals surface area contributed by atoms with Crippen molar-refractivity contribution in [2.75, 3.05) is 13.1 Å². The minimum absolute atomic E-state index is 0.00739. The SMILES string of the molecule is Cc1ccccc1CNC(=O)CCc1ccc(S(=O)(=O)N2CCCC2)cc1. The molecule has 27 heavy (non-hydrogen) atoms. The van der Waals surface area contributed by atoms with Crippen LogP contribution in [0.4, 0.5) is 0 Å². The van der Waals surface area contributed by atoms with Gasteiger partial charge in [-0.3, -0.25) is 4.79 Å². The zero-order chi connectivity index (χ0) is 19.3. The maximum absolute atomic E-state index is 12.5. The zero-order valence-corrected chi connectivity index (χ0v) is 16.5. The molecule has 0 saturated carbocycles. The number of hydrogen-bond acceptors (Lipinski definition) is 3. The number of carbonyl (C=O) groups is 1. The highest BCUT2D eigenvalue weighted by molar-refractivity contribution is 7.89. The van der Waals surface area contributed by atoms with Gasteiger partial charge in [0.25, 0.3) is 0 Å². The number of amides is 1. The highest BCUT2D eigenvalue weighted by Gasteiger charge is 2.26. The molecule has 2 aromatic carbocycles. The van der Waals surface area contributed by atoms with E-state index in [-0.39, 0.29) is 5.91 Å². The van der Waals surface area contributed by atoms with Crippen LogP contribution in [0.1, 0.15) is 36.0 Å². The highest BCUT2D eigenvalue weighted by atomic mass is 32.2. The second-order valence-electron chi connectivity index (χ2n) is 6.96. The Morgan fingerprint density at radius 3 is 2.37 bits per heavy atom. The van der Waals surface area contributed by atoms with Gasteiger partial charge in [-0.15, -0.1) is 0 Å². The smallest absolute Gasteiger partial charge is 0.243 e. The Hall–Kier alpha value is -2.18. The minimum atomic E-state index is -3.38. The van der Waals surface area contributed by atoms with E-state index in [1.165, 1.54) is 0 Å². The van der Waals surface area contributed by atoms with Gasteiger partial charge in [-0.2, -0.15) is 4.31 Å². The topological polar surface area (TPSA) is 66.5 Å². The Morgan fingerprint density at radius 1 is 1.04 bits per heavy atom. The fraction of sp³-hybridized carbons (Fsp3) is 0.381. The average molecular weight is 387 g/mol. The van der Waals surface area contributed by atoms with Crippen molar-refractivity contribution in [1.82, 2.24) is 9.62 Å². The van der Waals surface area contributed by atoms with E-state index in [1.54, 1.807) is 28.6 Å². The highest BCUT2D eigenvalue weighted by Crippen LogP contribution is 2.21. The van der Waals surface area contributed by atoms with Crippen molar-refractivity contribution in [3.63, 3.8) is 0 Å². The average Bonchev–Trinajstić information content (AvgIpc) is 3.22. The first-order chi connectivity index (χ1) is 13.0. The summed E-state index contributed by atoms with van der Waals surface area (Å²) in [6.45, 7) is 3.76. The molecule has 1 N–H and O–H groups in total. The van der Waals surface area contributed by atoms with Gasteiger partial charge in [0.05, 0.1) is 4.90 Å². The number of benzene rings is 2. The lowest BCUT2D eigenvalue weighted by Gasteiger charge is -2.15. The molecule has 144 valence electrons. The molecule has 5 nitrogen and oxygen atoms in total. The number of nitrogens with zero attached hydrogens (tertiary/aromatic N) is 1. The number of rotatable bonds is 7. The van der Waals surface area contributed by atoms with Gasteiger partial charge in [-0.25, -0.2) is 8.42 Å². The first-order valence-electron chi connectivity index (χ1n) is 9.37. The summed E-state index contributed by atoms with van der Waals surface area (Å²) in [5, 5.41) is 2.94. The van der Waals surface area contributed by atoms with Crippen molar-refractivity contribution >= 4 is 15.9 Å². The van der Waals surface area contributed by atoms with Crippen LogP contribution >= 0.6 is 0 Å². The molecule has 1 amide bonds. The number of carbonyl (C=O) groups excluding carboxylic acids is 1. The van der Waals surface area contributed by atoms with E-state index < -0.39 is 10.0 Å². The predicted molar refractivity (Wildman–Crippen MR) is 106 cm³/mol. The maximum Gasteiger partial charge on any atom is 0.243 e. The first kappa shape index (κ1) is 19.6. The largest absolute Gasteiger partial charge is 0.352 e. The minimum Gasteiger partial charge on any atom is -0.352 e. The summed E-state index contributed by atoms with van der Waals surface area (Å²) in [4.78, 5) is 12.4. The number of hydrogen-bond donors (Lipinski definition) is 1. The molecule has 0 unspecified atom stereocenters. The van der Waals surface area contributed by atoms with Crippen LogP contribution in [0.25, 0.3) is 0 Å². The van der Waals surface area contributed by atoms with E-state index in [0.717, 1.165) is 29.5 Å². The van der Waals surface area contributed by atoms with Gasteiger partial charge in [-0.05, 0) is 55.0 Å². The first-order valence-corrected chi connectivity index (χ1v) is 10.8. The fourth-order valence-corrected chi connectivity index (χ4v) is 4.77. The number of nitrogens with one attached hydrogen (secondary N) is 1. The van der Waals surface area contributed by atoms with Crippen molar-refractivity contribution in [2.45, 2.75) is 44.0 Å². The summed E-state index contributed by atoms with van der Waals surface area (Å²) >= 11 is 0. The summed E-state index contributed by atoms with van der Waals surface area (Å²) in [5.74, 6) is -0.00739. The Kier molecular flexibility index (Phi) is 6.29. The van der Waals surface area contributed by atoms with Crippen molar-refractivity contribution in [1.29, 1.82) is 0 Å².